The lowest BCUT2D eigenvalue weighted by Gasteiger charge is -2.06. The molecule has 9 heteroatoms. The molecule has 0 aliphatic rings. The van der Waals surface area contributed by atoms with Crippen LogP contribution in [-0.2, 0) is 11.3 Å². The second kappa shape index (κ2) is 6.29. The molecule has 6 nitrogen and oxygen atoms in total. The van der Waals surface area contributed by atoms with E-state index in [1.165, 1.54) is 16.8 Å². The van der Waals surface area contributed by atoms with Crippen molar-refractivity contribution in [2.24, 2.45) is 5.73 Å². The predicted octanol–water partition coefficient (Wildman–Crippen LogP) is 1.40. The largest absolute Gasteiger partial charge is 0.349 e. The maximum absolute atomic E-state index is 13.2. The molecule has 1 aromatic carbocycles. The summed E-state index contributed by atoms with van der Waals surface area (Å²) in [5.41, 5.74) is 6.17. The molecule has 0 fully saturated rings. The van der Waals surface area contributed by atoms with Crippen molar-refractivity contribution in [3.8, 4) is 5.69 Å². The van der Waals surface area contributed by atoms with Gasteiger partial charge in [0.1, 0.15) is 11.5 Å². The Morgan fingerprint density at radius 3 is 2.95 bits per heavy atom. The monoisotopic (exact) mass is 361 g/mol. The topological polar surface area (TPSA) is 85.8 Å². The summed E-state index contributed by atoms with van der Waals surface area (Å²) in [4.78, 5) is 11.0. The highest BCUT2D eigenvalue weighted by atomic mass is 79.9. The van der Waals surface area contributed by atoms with Crippen LogP contribution >= 0.6 is 27.5 Å². The number of nitrogens with zero attached hydrogens (tertiary/aromatic N) is 3. The van der Waals surface area contributed by atoms with E-state index in [9.17, 15) is 9.18 Å². The third-order valence-corrected chi connectivity index (χ3v) is 3.30. The Kier molecular flexibility index (Phi) is 4.69. The standard InChI is InChI=1S/C11H10BrClFN5O/c12-8-1-6(14)2-9(13)11(8)19-5-7(17-18-19)4-16-10(20)3-15/h1-2,5H,3-4,15H2,(H,16,20). The summed E-state index contributed by atoms with van der Waals surface area (Å²) in [6.07, 6.45) is 1.58. The van der Waals surface area contributed by atoms with Gasteiger partial charge in [-0.3, -0.25) is 4.79 Å². The van der Waals surface area contributed by atoms with Crippen LogP contribution in [0.15, 0.2) is 22.8 Å². The second-order valence-corrected chi connectivity index (χ2v) is 5.11. The van der Waals surface area contributed by atoms with Gasteiger partial charge >= 0.3 is 0 Å². The van der Waals surface area contributed by atoms with Gasteiger partial charge in [-0.05, 0) is 28.1 Å². The van der Waals surface area contributed by atoms with Crippen molar-refractivity contribution in [2.75, 3.05) is 6.54 Å². The average Bonchev–Trinajstić information content (AvgIpc) is 2.83. The second-order valence-electron chi connectivity index (χ2n) is 3.85. The molecule has 106 valence electrons. The molecule has 0 aliphatic carbocycles. The van der Waals surface area contributed by atoms with E-state index in [2.05, 4.69) is 31.6 Å². The van der Waals surface area contributed by atoms with Gasteiger partial charge in [-0.2, -0.15) is 0 Å². The van der Waals surface area contributed by atoms with E-state index in [0.717, 1.165) is 0 Å². The Morgan fingerprint density at radius 1 is 1.55 bits per heavy atom. The van der Waals surface area contributed by atoms with E-state index in [4.69, 9.17) is 17.3 Å². The van der Waals surface area contributed by atoms with Gasteiger partial charge in [0.25, 0.3) is 0 Å². The van der Waals surface area contributed by atoms with Gasteiger partial charge in [0.15, 0.2) is 0 Å². The highest BCUT2D eigenvalue weighted by molar-refractivity contribution is 9.10. The van der Waals surface area contributed by atoms with E-state index in [-0.39, 0.29) is 24.0 Å². The number of hydrogen-bond acceptors (Lipinski definition) is 4. The lowest BCUT2D eigenvalue weighted by atomic mass is 10.3. The van der Waals surface area contributed by atoms with Gasteiger partial charge in [0.2, 0.25) is 5.91 Å². The van der Waals surface area contributed by atoms with Crippen LogP contribution in [0.1, 0.15) is 5.69 Å². The van der Waals surface area contributed by atoms with Crippen molar-refractivity contribution in [3.63, 3.8) is 0 Å². The predicted molar refractivity (Wildman–Crippen MR) is 74.9 cm³/mol. The minimum atomic E-state index is -0.457. The van der Waals surface area contributed by atoms with Gasteiger partial charge in [-0.15, -0.1) is 5.10 Å². The molecule has 1 amide bonds. The number of carbonyl (C=O) groups excluding carboxylic acids is 1. The molecule has 0 saturated heterocycles. The number of amides is 1. The number of carbonyl (C=O) groups is 1. The summed E-state index contributed by atoms with van der Waals surface area (Å²) in [7, 11) is 0. The van der Waals surface area contributed by atoms with Crippen molar-refractivity contribution in [1.82, 2.24) is 20.3 Å². The van der Waals surface area contributed by atoms with Crippen LogP contribution in [0, 0.1) is 5.82 Å². The van der Waals surface area contributed by atoms with Gasteiger partial charge in [0, 0.05) is 4.47 Å². The van der Waals surface area contributed by atoms with Crippen molar-refractivity contribution in [2.45, 2.75) is 6.54 Å². The van der Waals surface area contributed by atoms with E-state index in [1.54, 1.807) is 6.20 Å². The molecule has 0 unspecified atom stereocenters. The molecule has 1 aromatic heterocycles. The van der Waals surface area contributed by atoms with Gasteiger partial charge in [-0.1, -0.05) is 16.8 Å². The highest BCUT2D eigenvalue weighted by Gasteiger charge is 2.12. The Hall–Kier alpha value is -1.51. The molecule has 20 heavy (non-hydrogen) atoms. The zero-order valence-corrected chi connectivity index (χ0v) is 12.4. The third-order valence-electron chi connectivity index (χ3n) is 2.40. The van der Waals surface area contributed by atoms with Gasteiger partial charge in [-0.25, -0.2) is 9.07 Å². The zero-order valence-electron chi connectivity index (χ0n) is 10.1. The fraction of sp³-hybridized carbons (Fsp3) is 0.182. The number of rotatable bonds is 4. The molecule has 0 atom stereocenters. The molecular weight excluding hydrogens is 353 g/mol. The third kappa shape index (κ3) is 3.33. The van der Waals surface area contributed by atoms with Crippen LogP contribution in [0.25, 0.3) is 5.69 Å². The number of nitrogens with two attached hydrogens (primary N) is 1. The average molecular weight is 363 g/mol. The molecule has 0 bridgehead atoms. The van der Waals surface area contributed by atoms with E-state index in [1.807, 2.05) is 0 Å². The summed E-state index contributed by atoms with van der Waals surface area (Å²) in [5, 5.41) is 10.5. The summed E-state index contributed by atoms with van der Waals surface area (Å²) in [6.45, 7) is 0.107. The summed E-state index contributed by atoms with van der Waals surface area (Å²) in [5.74, 6) is -0.748. The van der Waals surface area contributed by atoms with Crippen molar-refractivity contribution >= 4 is 33.4 Å². The number of hydrogen-bond donors (Lipinski definition) is 2. The van der Waals surface area contributed by atoms with Crippen LogP contribution in [-0.4, -0.2) is 27.4 Å². The molecule has 2 aromatic rings. The summed E-state index contributed by atoms with van der Waals surface area (Å²) < 4.78 is 15.0. The molecule has 0 aliphatic heterocycles. The SMILES string of the molecule is NCC(=O)NCc1cn(-c2c(Cl)cc(F)cc2Br)nn1. The number of nitrogens with one attached hydrogen (secondary N) is 1. The molecule has 0 radical (unpaired) electrons. The van der Waals surface area contributed by atoms with Gasteiger partial charge in [0.05, 0.1) is 30.0 Å². The Morgan fingerprint density at radius 2 is 2.30 bits per heavy atom. The zero-order chi connectivity index (χ0) is 14.7. The fourth-order valence-electron chi connectivity index (χ4n) is 1.50. The molecular formula is C11H10BrClFN5O. The Bertz CT molecular complexity index is 624. The highest BCUT2D eigenvalue weighted by Crippen LogP contribution is 2.29. The number of aromatic nitrogens is 3. The van der Waals surface area contributed by atoms with Crippen LogP contribution in [0.3, 0.4) is 0 Å². The first-order valence-electron chi connectivity index (χ1n) is 5.54. The van der Waals surface area contributed by atoms with Crippen molar-refractivity contribution in [1.29, 1.82) is 0 Å². The maximum atomic E-state index is 13.2. The summed E-state index contributed by atoms with van der Waals surface area (Å²) >= 11 is 9.20. The first-order valence-corrected chi connectivity index (χ1v) is 6.71. The van der Waals surface area contributed by atoms with Crippen molar-refractivity contribution in [3.05, 3.63) is 39.3 Å². The van der Waals surface area contributed by atoms with E-state index >= 15 is 0 Å². The number of halogens is 3. The minimum absolute atomic E-state index is 0.0938. The fourth-order valence-corrected chi connectivity index (χ4v) is 2.52. The Labute approximate surface area is 127 Å². The van der Waals surface area contributed by atoms with Gasteiger partial charge < -0.3 is 11.1 Å². The van der Waals surface area contributed by atoms with Crippen LogP contribution in [0.2, 0.25) is 5.02 Å². The summed E-state index contributed by atoms with van der Waals surface area (Å²) in [6, 6.07) is 2.46. The number of benzene rings is 1. The minimum Gasteiger partial charge on any atom is -0.349 e. The van der Waals surface area contributed by atoms with Crippen LogP contribution in [0.4, 0.5) is 4.39 Å². The molecule has 1 heterocycles. The van der Waals surface area contributed by atoms with Crippen molar-refractivity contribution < 1.29 is 9.18 Å². The van der Waals surface area contributed by atoms with Crippen LogP contribution in [0.5, 0.6) is 0 Å². The molecule has 3 N–H and O–H groups in total. The smallest absolute Gasteiger partial charge is 0.234 e. The van der Waals surface area contributed by atoms with E-state index < -0.39 is 5.82 Å². The normalized spacial score (nSPS) is 10.6. The van der Waals surface area contributed by atoms with Crippen LogP contribution < -0.4 is 11.1 Å². The first kappa shape index (κ1) is 14.9. The maximum Gasteiger partial charge on any atom is 0.234 e. The Balaban J connectivity index is 2.23. The molecule has 0 saturated carbocycles. The molecule has 2 rings (SSSR count). The quantitative estimate of drug-likeness (QED) is 0.861. The lowest BCUT2D eigenvalue weighted by Crippen LogP contribution is -2.29. The molecule has 0 spiro atoms. The van der Waals surface area contributed by atoms with E-state index in [0.29, 0.717) is 15.9 Å². The first-order chi connectivity index (χ1) is 9.51. The lowest BCUT2D eigenvalue weighted by molar-refractivity contribution is -0.119.